The van der Waals surface area contributed by atoms with Crippen LogP contribution in [-0.2, 0) is 0 Å². The highest BCUT2D eigenvalue weighted by Gasteiger charge is 2.15. The van der Waals surface area contributed by atoms with E-state index in [4.69, 9.17) is 9.47 Å². The highest BCUT2D eigenvalue weighted by molar-refractivity contribution is 7.98. The minimum atomic E-state index is -0.0985. The van der Waals surface area contributed by atoms with Gasteiger partial charge < -0.3 is 9.47 Å². The molecule has 0 atom stereocenters. The zero-order chi connectivity index (χ0) is 15.9. The van der Waals surface area contributed by atoms with E-state index in [0.717, 1.165) is 10.5 Å². The van der Waals surface area contributed by atoms with Crippen molar-refractivity contribution < 1.29 is 14.3 Å². The largest absolute Gasteiger partial charge is 0.496 e. The number of methoxy groups -OCH3 is 2. The fourth-order valence-corrected chi connectivity index (χ4v) is 2.63. The van der Waals surface area contributed by atoms with Crippen LogP contribution in [0.2, 0.25) is 0 Å². The third-order valence-electron chi connectivity index (χ3n) is 3.20. The van der Waals surface area contributed by atoms with E-state index < -0.39 is 0 Å². The standard InChI is InChI=1S/C18H18O3S/c1-20-16-12-17(21-2)18(22-3)11-14(16)15(19)10-9-13-7-5-4-6-8-13/h4-12H,1-3H3/b10-9+. The molecule has 0 aliphatic heterocycles. The summed E-state index contributed by atoms with van der Waals surface area (Å²) in [5, 5.41) is 0. The van der Waals surface area contributed by atoms with Gasteiger partial charge in [-0.2, -0.15) is 0 Å². The van der Waals surface area contributed by atoms with Crippen LogP contribution in [0.5, 0.6) is 11.5 Å². The lowest BCUT2D eigenvalue weighted by atomic mass is 10.1. The van der Waals surface area contributed by atoms with Gasteiger partial charge in [0.1, 0.15) is 11.5 Å². The lowest BCUT2D eigenvalue weighted by Crippen LogP contribution is -2.01. The Labute approximate surface area is 135 Å². The molecule has 0 amide bonds. The first-order chi connectivity index (χ1) is 10.7. The molecule has 0 fully saturated rings. The Morgan fingerprint density at radius 3 is 2.32 bits per heavy atom. The number of benzene rings is 2. The molecule has 4 heteroatoms. The zero-order valence-corrected chi connectivity index (χ0v) is 13.6. The lowest BCUT2D eigenvalue weighted by molar-refractivity contribution is 0.104. The Hall–Kier alpha value is -2.20. The molecule has 114 valence electrons. The van der Waals surface area contributed by atoms with Gasteiger partial charge >= 0.3 is 0 Å². The first kappa shape index (κ1) is 16.2. The molecule has 0 saturated carbocycles. The summed E-state index contributed by atoms with van der Waals surface area (Å²) < 4.78 is 10.6. The van der Waals surface area contributed by atoms with E-state index in [2.05, 4.69) is 0 Å². The Balaban J connectivity index is 2.34. The van der Waals surface area contributed by atoms with Gasteiger partial charge in [-0.3, -0.25) is 4.79 Å². The summed E-state index contributed by atoms with van der Waals surface area (Å²) in [4.78, 5) is 13.4. The summed E-state index contributed by atoms with van der Waals surface area (Å²) in [6.45, 7) is 0. The molecule has 0 saturated heterocycles. The van der Waals surface area contributed by atoms with Gasteiger partial charge in [0, 0.05) is 6.07 Å². The maximum absolute atomic E-state index is 12.4. The summed E-state index contributed by atoms with van der Waals surface area (Å²) >= 11 is 1.53. The van der Waals surface area contributed by atoms with Crippen molar-refractivity contribution in [1.82, 2.24) is 0 Å². The fraction of sp³-hybridized carbons (Fsp3) is 0.167. The molecule has 3 nitrogen and oxygen atoms in total. The van der Waals surface area contributed by atoms with Gasteiger partial charge in [-0.25, -0.2) is 0 Å². The van der Waals surface area contributed by atoms with Crippen molar-refractivity contribution in [2.75, 3.05) is 20.5 Å². The van der Waals surface area contributed by atoms with Gasteiger partial charge in [-0.1, -0.05) is 36.4 Å². The first-order valence-electron chi connectivity index (χ1n) is 6.77. The maximum Gasteiger partial charge on any atom is 0.189 e. The number of ether oxygens (including phenoxy) is 2. The van der Waals surface area contributed by atoms with Crippen LogP contribution in [0.25, 0.3) is 6.08 Å². The molecule has 2 aromatic rings. The van der Waals surface area contributed by atoms with Crippen molar-refractivity contribution in [3.63, 3.8) is 0 Å². The molecule has 22 heavy (non-hydrogen) atoms. The van der Waals surface area contributed by atoms with E-state index in [1.807, 2.05) is 36.6 Å². The Kier molecular flexibility index (Phi) is 5.67. The molecule has 0 aromatic heterocycles. The minimum absolute atomic E-state index is 0.0985. The third-order valence-corrected chi connectivity index (χ3v) is 3.96. The Morgan fingerprint density at radius 2 is 1.73 bits per heavy atom. The van der Waals surface area contributed by atoms with Crippen LogP contribution in [0, 0.1) is 0 Å². The van der Waals surface area contributed by atoms with Crippen LogP contribution in [0.3, 0.4) is 0 Å². The van der Waals surface area contributed by atoms with Gasteiger partial charge in [0.05, 0.1) is 24.7 Å². The Bertz CT molecular complexity index is 678. The summed E-state index contributed by atoms with van der Waals surface area (Å²) in [6, 6.07) is 13.3. The van der Waals surface area contributed by atoms with Crippen LogP contribution >= 0.6 is 11.8 Å². The molecule has 0 spiro atoms. The summed E-state index contributed by atoms with van der Waals surface area (Å²) in [5.74, 6) is 1.11. The van der Waals surface area contributed by atoms with Crippen molar-refractivity contribution in [3.05, 3.63) is 59.7 Å². The molecule has 0 aliphatic rings. The van der Waals surface area contributed by atoms with E-state index in [-0.39, 0.29) is 5.78 Å². The lowest BCUT2D eigenvalue weighted by Gasteiger charge is -2.12. The maximum atomic E-state index is 12.4. The number of allylic oxidation sites excluding steroid dienone is 1. The number of carbonyl (C=O) groups excluding carboxylic acids is 1. The van der Waals surface area contributed by atoms with Crippen molar-refractivity contribution in [3.8, 4) is 11.5 Å². The number of carbonyl (C=O) groups is 1. The topological polar surface area (TPSA) is 35.5 Å². The van der Waals surface area contributed by atoms with Crippen LogP contribution in [0.15, 0.2) is 53.4 Å². The van der Waals surface area contributed by atoms with Crippen LogP contribution in [0.4, 0.5) is 0 Å². The minimum Gasteiger partial charge on any atom is -0.496 e. The highest BCUT2D eigenvalue weighted by atomic mass is 32.2. The predicted molar refractivity (Wildman–Crippen MR) is 91.1 cm³/mol. The molecule has 0 heterocycles. The van der Waals surface area contributed by atoms with Crippen LogP contribution < -0.4 is 9.47 Å². The SMILES string of the molecule is COc1cc(OC)c(C(=O)/C=C/c2ccccc2)cc1SC. The first-order valence-corrected chi connectivity index (χ1v) is 7.99. The molecular weight excluding hydrogens is 296 g/mol. The van der Waals surface area contributed by atoms with Gasteiger partial charge in [0.25, 0.3) is 0 Å². The molecule has 0 N–H and O–H groups in total. The number of thioether (sulfide) groups is 1. The van der Waals surface area contributed by atoms with E-state index >= 15 is 0 Å². The van der Waals surface area contributed by atoms with Gasteiger partial charge in [-0.15, -0.1) is 11.8 Å². The zero-order valence-electron chi connectivity index (χ0n) is 12.8. The molecule has 2 aromatic carbocycles. The molecule has 0 bridgehead atoms. The predicted octanol–water partition coefficient (Wildman–Crippen LogP) is 4.32. The quantitative estimate of drug-likeness (QED) is 0.452. The summed E-state index contributed by atoms with van der Waals surface area (Å²) in [5.41, 5.74) is 1.51. The highest BCUT2D eigenvalue weighted by Crippen LogP contribution is 2.34. The average molecular weight is 314 g/mol. The van der Waals surface area contributed by atoms with Crippen molar-refractivity contribution in [2.45, 2.75) is 4.90 Å². The second kappa shape index (κ2) is 7.71. The normalized spacial score (nSPS) is 10.7. The van der Waals surface area contributed by atoms with Gasteiger partial charge in [-0.05, 0) is 24.0 Å². The number of hydrogen-bond acceptors (Lipinski definition) is 4. The number of ketones is 1. The van der Waals surface area contributed by atoms with E-state index in [0.29, 0.717) is 17.1 Å². The summed E-state index contributed by atoms with van der Waals surface area (Å²) in [7, 11) is 3.15. The van der Waals surface area contributed by atoms with E-state index in [9.17, 15) is 4.79 Å². The monoisotopic (exact) mass is 314 g/mol. The van der Waals surface area contributed by atoms with E-state index in [1.54, 1.807) is 38.5 Å². The molecule has 0 radical (unpaired) electrons. The fourth-order valence-electron chi connectivity index (χ4n) is 2.05. The molecule has 0 aliphatic carbocycles. The molecule has 0 unspecified atom stereocenters. The van der Waals surface area contributed by atoms with Gasteiger partial charge in [0.2, 0.25) is 0 Å². The number of rotatable bonds is 6. The van der Waals surface area contributed by atoms with Crippen molar-refractivity contribution in [1.29, 1.82) is 0 Å². The average Bonchev–Trinajstić information content (AvgIpc) is 2.59. The second-order valence-electron chi connectivity index (χ2n) is 4.52. The molecular formula is C18H18O3S. The second-order valence-corrected chi connectivity index (χ2v) is 5.36. The van der Waals surface area contributed by atoms with E-state index in [1.165, 1.54) is 11.8 Å². The van der Waals surface area contributed by atoms with Crippen molar-refractivity contribution >= 4 is 23.6 Å². The Morgan fingerprint density at radius 1 is 1.05 bits per heavy atom. The van der Waals surface area contributed by atoms with Gasteiger partial charge in [0.15, 0.2) is 5.78 Å². The van der Waals surface area contributed by atoms with Crippen molar-refractivity contribution in [2.24, 2.45) is 0 Å². The summed E-state index contributed by atoms with van der Waals surface area (Å²) in [6.07, 6.45) is 5.30. The van der Waals surface area contributed by atoms with Crippen LogP contribution in [0.1, 0.15) is 15.9 Å². The van der Waals surface area contributed by atoms with Crippen LogP contribution in [-0.4, -0.2) is 26.3 Å². The number of hydrogen-bond donors (Lipinski definition) is 0. The molecule has 2 rings (SSSR count). The third kappa shape index (κ3) is 3.71. The smallest absolute Gasteiger partial charge is 0.189 e.